The Labute approximate surface area is 186 Å². The van der Waals surface area contributed by atoms with Gasteiger partial charge in [0.15, 0.2) is 0 Å². The summed E-state index contributed by atoms with van der Waals surface area (Å²) in [5.74, 6) is -1.09. The number of aliphatic hydroxyl groups excluding tert-OH is 1. The number of phenols is 1. The molecule has 4 rings (SSSR count). The van der Waals surface area contributed by atoms with Gasteiger partial charge in [0.25, 0.3) is 11.7 Å². The van der Waals surface area contributed by atoms with E-state index in [-0.39, 0.29) is 23.6 Å². The minimum absolute atomic E-state index is 0.00821. The van der Waals surface area contributed by atoms with Gasteiger partial charge < -0.3 is 19.8 Å². The Bertz CT molecular complexity index is 1170. The molecule has 2 N–H and O–H groups in total. The second-order valence-electron chi connectivity index (χ2n) is 7.46. The molecule has 162 valence electrons. The monoisotopic (exact) mass is 429 g/mol. The molecule has 0 aliphatic carbocycles. The summed E-state index contributed by atoms with van der Waals surface area (Å²) in [6, 6.07) is 21.5. The molecule has 0 saturated carbocycles. The number of likely N-dealkylation sites (tertiary alicyclic amines) is 1. The van der Waals surface area contributed by atoms with Gasteiger partial charge in [-0.25, -0.2) is 0 Å². The van der Waals surface area contributed by atoms with Crippen LogP contribution in [0.1, 0.15) is 29.7 Å². The highest BCUT2D eigenvalue weighted by Gasteiger charge is 2.46. The van der Waals surface area contributed by atoms with Crippen molar-refractivity contribution in [2.24, 2.45) is 0 Å². The fourth-order valence-electron chi connectivity index (χ4n) is 3.90. The second kappa shape index (κ2) is 8.98. The number of Topliss-reactive ketones (excluding diaryl/α,β-unsaturated/α-hetero) is 1. The van der Waals surface area contributed by atoms with E-state index >= 15 is 0 Å². The number of nitrogens with zero attached hydrogens (tertiary/aromatic N) is 1. The molecule has 6 nitrogen and oxygen atoms in total. The Hall–Kier alpha value is -4.06. The molecule has 1 amide bonds. The van der Waals surface area contributed by atoms with E-state index in [0.29, 0.717) is 23.5 Å². The van der Waals surface area contributed by atoms with Crippen LogP contribution in [-0.2, 0) is 16.1 Å². The third kappa shape index (κ3) is 4.07. The van der Waals surface area contributed by atoms with Crippen molar-refractivity contribution < 1.29 is 24.5 Å². The molecule has 3 aromatic carbocycles. The lowest BCUT2D eigenvalue weighted by Gasteiger charge is -2.25. The maximum atomic E-state index is 13.1. The molecule has 0 aromatic heterocycles. The lowest BCUT2D eigenvalue weighted by molar-refractivity contribution is -0.140. The number of hydrogen-bond acceptors (Lipinski definition) is 5. The van der Waals surface area contributed by atoms with E-state index in [1.165, 1.54) is 17.0 Å². The van der Waals surface area contributed by atoms with Crippen LogP contribution in [0, 0.1) is 0 Å². The van der Waals surface area contributed by atoms with Crippen LogP contribution >= 0.6 is 0 Å². The summed E-state index contributed by atoms with van der Waals surface area (Å²) < 4.78 is 5.44. The first kappa shape index (κ1) is 21.2. The molecular formula is C26H23NO5. The van der Waals surface area contributed by atoms with E-state index in [2.05, 4.69) is 0 Å². The Kier molecular flexibility index (Phi) is 5.94. The standard InChI is InChI=1S/C26H23NO5/c1-2-32-21-13-11-18(12-14-21)24(29)22-23(19-9-6-10-20(28)15-19)27(26(31)25(22)30)16-17-7-4-3-5-8-17/h3-15,23,28-29H,2,16H2,1H3/b24-22-. The molecule has 32 heavy (non-hydrogen) atoms. The zero-order valence-corrected chi connectivity index (χ0v) is 17.6. The molecule has 1 unspecified atom stereocenters. The van der Waals surface area contributed by atoms with Gasteiger partial charge in [0, 0.05) is 12.1 Å². The van der Waals surface area contributed by atoms with E-state index in [1.807, 2.05) is 37.3 Å². The van der Waals surface area contributed by atoms with Gasteiger partial charge in [-0.15, -0.1) is 0 Å². The first-order valence-corrected chi connectivity index (χ1v) is 10.3. The van der Waals surface area contributed by atoms with Gasteiger partial charge in [0.2, 0.25) is 0 Å². The predicted octanol–water partition coefficient (Wildman–Crippen LogP) is 4.41. The van der Waals surface area contributed by atoms with Crippen LogP contribution in [-0.4, -0.2) is 33.4 Å². The maximum absolute atomic E-state index is 13.1. The summed E-state index contributed by atoms with van der Waals surface area (Å²) in [6.45, 7) is 2.57. The van der Waals surface area contributed by atoms with E-state index in [0.717, 1.165) is 5.56 Å². The van der Waals surface area contributed by atoms with Gasteiger partial charge in [-0.05, 0) is 54.4 Å². The molecule has 0 spiro atoms. The number of carbonyl (C=O) groups is 2. The zero-order chi connectivity index (χ0) is 22.7. The molecule has 1 aliphatic heterocycles. The summed E-state index contributed by atoms with van der Waals surface area (Å²) in [7, 11) is 0. The van der Waals surface area contributed by atoms with Crippen molar-refractivity contribution >= 4 is 17.4 Å². The first-order valence-electron chi connectivity index (χ1n) is 10.3. The SMILES string of the molecule is CCOc1ccc(/C(O)=C2/C(=O)C(=O)N(Cc3ccccc3)C2c2cccc(O)c2)cc1. The van der Waals surface area contributed by atoms with Crippen molar-refractivity contribution in [3.05, 3.63) is 101 Å². The Morgan fingerprint density at radius 2 is 1.69 bits per heavy atom. The van der Waals surface area contributed by atoms with Crippen LogP contribution in [0.5, 0.6) is 11.5 Å². The molecule has 0 radical (unpaired) electrons. The number of carbonyl (C=O) groups excluding carboxylic acids is 2. The van der Waals surface area contributed by atoms with Gasteiger partial charge >= 0.3 is 0 Å². The van der Waals surface area contributed by atoms with E-state index in [1.54, 1.807) is 36.4 Å². The average molecular weight is 429 g/mol. The number of phenolic OH excluding ortho intramolecular Hbond substituents is 1. The summed E-state index contributed by atoms with van der Waals surface area (Å²) in [4.78, 5) is 27.5. The van der Waals surface area contributed by atoms with Crippen LogP contribution in [0.3, 0.4) is 0 Å². The van der Waals surface area contributed by atoms with Crippen LogP contribution in [0.25, 0.3) is 5.76 Å². The van der Waals surface area contributed by atoms with Crippen molar-refractivity contribution in [3.63, 3.8) is 0 Å². The summed E-state index contributed by atoms with van der Waals surface area (Å²) in [6.07, 6.45) is 0. The summed E-state index contributed by atoms with van der Waals surface area (Å²) in [5.41, 5.74) is 1.77. The van der Waals surface area contributed by atoms with Crippen LogP contribution in [0.4, 0.5) is 0 Å². The highest BCUT2D eigenvalue weighted by Crippen LogP contribution is 2.41. The fraction of sp³-hybridized carbons (Fsp3) is 0.154. The number of aromatic hydroxyl groups is 1. The van der Waals surface area contributed by atoms with Crippen molar-refractivity contribution in [2.45, 2.75) is 19.5 Å². The highest BCUT2D eigenvalue weighted by molar-refractivity contribution is 6.46. The molecule has 6 heteroatoms. The van der Waals surface area contributed by atoms with Gasteiger partial charge in [-0.1, -0.05) is 42.5 Å². The molecule has 3 aromatic rings. The maximum Gasteiger partial charge on any atom is 0.295 e. The van der Waals surface area contributed by atoms with E-state index < -0.39 is 17.7 Å². The quantitative estimate of drug-likeness (QED) is 0.344. The van der Waals surface area contributed by atoms with Crippen LogP contribution < -0.4 is 4.74 Å². The zero-order valence-electron chi connectivity index (χ0n) is 17.6. The summed E-state index contributed by atoms with van der Waals surface area (Å²) in [5, 5.41) is 21.1. The van der Waals surface area contributed by atoms with E-state index in [4.69, 9.17) is 4.74 Å². The largest absolute Gasteiger partial charge is 0.508 e. The minimum atomic E-state index is -0.839. The first-order chi connectivity index (χ1) is 15.5. The third-order valence-corrected chi connectivity index (χ3v) is 5.36. The van der Waals surface area contributed by atoms with Crippen LogP contribution in [0.2, 0.25) is 0 Å². The smallest absolute Gasteiger partial charge is 0.295 e. The number of ketones is 1. The Morgan fingerprint density at radius 3 is 2.34 bits per heavy atom. The topological polar surface area (TPSA) is 87.1 Å². The van der Waals surface area contributed by atoms with E-state index in [9.17, 15) is 19.8 Å². The fourth-order valence-corrected chi connectivity index (χ4v) is 3.90. The predicted molar refractivity (Wildman–Crippen MR) is 120 cm³/mol. The molecule has 1 fully saturated rings. The van der Waals surface area contributed by atoms with Crippen molar-refractivity contribution in [1.82, 2.24) is 4.90 Å². The number of benzene rings is 3. The lowest BCUT2D eigenvalue weighted by Crippen LogP contribution is -2.29. The van der Waals surface area contributed by atoms with Crippen molar-refractivity contribution in [3.8, 4) is 11.5 Å². The van der Waals surface area contributed by atoms with Gasteiger partial charge in [0.05, 0.1) is 18.2 Å². The molecule has 0 bridgehead atoms. The van der Waals surface area contributed by atoms with Gasteiger partial charge in [-0.3, -0.25) is 9.59 Å². The number of hydrogen-bond donors (Lipinski definition) is 2. The molecule has 1 aliphatic rings. The lowest BCUT2D eigenvalue weighted by atomic mass is 9.95. The number of amides is 1. The van der Waals surface area contributed by atoms with Crippen molar-refractivity contribution in [2.75, 3.05) is 6.61 Å². The molecule has 1 heterocycles. The molecule has 1 saturated heterocycles. The number of aliphatic hydroxyl groups is 1. The number of rotatable bonds is 6. The Morgan fingerprint density at radius 1 is 0.969 bits per heavy atom. The molecular weight excluding hydrogens is 406 g/mol. The third-order valence-electron chi connectivity index (χ3n) is 5.36. The Balaban J connectivity index is 1.82. The normalized spacial score (nSPS) is 17.5. The van der Waals surface area contributed by atoms with Gasteiger partial charge in [0.1, 0.15) is 17.3 Å². The van der Waals surface area contributed by atoms with Crippen molar-refractivity contribution in [1.29, 1.82) is 0 Å². The average Bonchev–Trinajstić information content (AvgIpc) is 3.05. The molecule has 1 atom stereocenters. The summed E-state index contributed by atoms with van der Waals surface area (Å²) >= 11 is 0. The highest BCUT2D eigenvalue weighted by atomic mass is 16.5. The van der Waals surface area contributed by atoms with Gasteiger partial charge in [-0.2, -0.15) is 0 Å². The number of ether oxygens (including phenoxy) is 1. The minimum Gasteiger partial charge on any atom is -0.508 e. The second-order valence-corrected chi connectivity index (χ2v) is 7.46. The van der Waals surface area contributed by atoms with Crippen LogP contribution in [0.15, 0.2) is 84.4 Å².